The van der Waals surface area contributed by atoms with Crippen LogP contribution >= 0.6 is 15.9 Å². The molecule has 0 aromatic heterocycles. The number of carbonyl (C=O) groups excluding carboxylic acids is 1. The number of halogens is 2. The van der Waals surface area contributed by atoms with Crippen LogP contribution in [0.25, 0.3) is 0 Å². The van der Waals surface area contributed by atoms with Crippen LogP contribution in [0.3, 0.4) is 0 Å². The number of ketones is 1. The SMILES string of the molecule is COCC(=O)c1cc(Br)ccc1F. The zero-order chi connectivity index (χ0) is 9.84. The summed E-state index contributed by atoms with van der Waals surface area (Å²) in [6.07, 6.45) is 0. The normalized spacial score (nSPS) is 10.1. The third kappa shape index (κ3) is 2.60. The van der Waals surface area contributed by atoms with Gasteiger partial charge in [0.25, 0.3) is 0 Å². The second-order valence-electron chi connectivity index (χ2n) is 2.48. The van der Waals surface area contributed by atoms with E-state index < -0.39 is 5.82 Å². The van der Waals surface area contributed by atoms with Crippen molar-refractivity contribution in [2.24, 2.45) is 0 Å². The van der Waals surface area contributed by atoms with Crippen LogP contribution in [0.5, 0.6) is 0 Å². The molecular formula is C9H8BrFO2. The molecule has 0 N–H and O–H groups in total. The van der Waals surface area contributed by atoms with Crippen molar-refractivity contribution in [3.63, 3.8) is 0 Å². The summed E-state index contributed by atoms with van der Waals surface area (Å²) >= 11 is 3.16. The van der Waals surface area contributed by atoms with E-state index in [2.05, 4.69) is 20.7 Å². The van der Waals surface area contributed by atoms with Crippen molar-refractivity contribution in [2.45, 2.75) is 0 Å². The first-order chi connectivity index (χ1) is 6.15. The van der Waals surface area contributed by atoms with Crippen LogP contribution < -0.4 is 0 Å². The van der Waals surface area contributed by atoms with E-state index in [1.165, 1.54) is 19.2 Å². The molecule has 13 heavy (non-hydrogen) atoms. The van der Waals surface area contributed by atoms with E-state index in [4.69, 9.17) is 0 Å². The average Bonchev–Trinajstić information content (AvgIpc) is 2.09. The number of methoxy groups -OCH3 is 1. The topological polar surface area (TPSA) is 26.3 Å². The number of hydrogen-bond acceptors (Lipinski definition) is 2. The lowest BCUT2D eigenvalue weighted by atomic mass is 10.1. The van der Waals surface area contributed by atoms with Crippen LogP contribution in [0.2, 0.25) is 0 Å². The van der Waals surface area contributed by atoms with Crippen LogP contribution in [0.4, 0.5) is 4.39 Å². The third-order valence-electron chi connectivity index (χ3n) is 1.50. The lowest BCUT2D eigenvalue weighted by molar-refractivity contribution is 0.0844. The quantitative estimate of drug-likeness (QED) is 0.766. The molecule has 70 valence electrons. The molecule has 0 saturated carbocycles. The predicted molar refractivity (Wildman–Crippen MR) is 50.3 cm³/mol. The van der Waals surface area contributed by atoms with Gasteiger partial charge in [-0.05, 0) is 18.2 Å². The second kappa shape index (κ2) is 4.48. The monoisotopic (exact) mass is 246 g/mol. The molecule has 0 bridgehead atoms. The van der Waals surface area contributed by atoms with E-state index in [0.717, 1.165) is 0 Å². The number of rotatable bonds is 3. The summed E-state index contributed by atoms with van der Waals surface area (Å²) in [5, 5.41) is 0. The van der Waals surface area contributed by atoms with Crippen LogP contribution in [0, 0.1) is 5.82 Å². The maximum atomic E-state index is 13.0. The number of carbonyl (C=O) groups is 1. The maximum absolute atomic E-state index is 13.0. The van der Waals surface area contributed by atoms with Gasteiger partial charge in [0, 0.05) is 11.6 Å². The molecule has 0 atom stereocenters. The minimum Gasteiger partial charge on any atom is -0.377 e. The number of Topliss-reactive ketones (excluding diaryl/α,β-unsaturated/α-hetero) is 1. The number of benzene rings is 1. The Balaban J connectivity index is 2.99. The summed E-state index contributed by atoms with van der Waals surface area (Å²) in [5.41, 5.74) is 0.0521. The molecule has 0 spiro atoms. The van der Waals surface area contributed by atoms with Gasteiger partial charge in [0.2, 0.25) is 0 Å². The van der Waals surface area contributed by atoms with Crippen LogP contribution in [0.15, 0.2) is 22.7 Å². The summed E-state index contributed by atoms with van der Waals surface area (Å²) < 4.78 is 18.3. The summed E-state index contributed by atoms with van der Waals surface area (Å²) in [4.78, 5) is 11.2. The molecule has 0 aliphatic heterocycles. The molecule has 4 heteroatoms. The lowest BCUT2D eigenvalue weighted by Gasteiger charge is -2.01. The van der Waals surface area contributed by atoms with Gasteiger partial charge in [-0.2, -0.15) is 0 Å². The van der Waals surface area contributed by atoms with Crippen LogP contribution in [-0.4, -0.2) is 19.5 Å². The maximum Gasteiger partial charge on any atom is 0.191 e. The zero-order valence-corrected chi connectivity index (χ0v) is 8.60. The van der Waals surface area contributed by atoms with Crippen molar-refractivity contribution in [3.05, 3.63) is 34.1 Å². The molecule has 1 rings (SSSR count). The minimum atomic E-state index is -0.523. The van der Waals surface area contributed by atoms with Gasteiger partial charge in [0.15, 0.2) is 5.78 Å². The Kier molecular flexibility index (Phi) is 3.57. The zero-order valence-electron chi connectivity index (χ0n) is 7.01. The van der Waals surface area contributed by atoms with Gasteiger partial charge in [-0.25, -0.2) is 4.39 Å². The highest BCUT2D eigenvalue weighted by molar-refractivity contribution is 9.10. The second-order valence-corrected chi connectivity index (χ2v) is 3.40. The molecule has 2 nitrogen and oxygen atoms in total. The predicted octanol–water partition coefficient (Wildman–Crippen LogP) is 2.42. The third-order valence-corrected chi connectivity index (χ3v) is 2.00. The number of ether oxygens (including phenoxy) is 1. The van der Waals surface area contributed by atoms with Crippen molar-refractivity contribution in [3.8, 4) is 0 Å². The Morgan fingerprint density at radius 3 is 2.92 bits per heavy atom. The van der Waals surface area contributed by atoms with Gasteiger partial charge in [-0.3, -0.25) is 4.79 Å². The Bertz CT molecular complexity index is 325. The first-order valence-electron chi connectivity index (χ1n) is 3.62. The Labute approximate surface area is 83.8 Å². The Morgan fingerprint density at radius 2 is 2.31 bits per heavy atom. The fourth-order valence-electron chi connectivity index (χ4n) is 0.920. The highest BCUT2D eigenvalue weighted by Crippen LogP contribution is 2.15. The Hall–Kier alpha value is -0.740. The molecule has 0 heterocycles. The van der Waals surface area contributed by atoms with Gasteiger partial charge in [0.1, 0.15) is 12.4 Å². The molecule has 1 aromatic rings. The molecule has 0 aliphatic rings. The smallest absolute Gasteiger partial charge is 0.191 e. The molecule has 0 fully saturated rings. The van der Waals surface area contributed by atoms with Crippen LogP contribution in [0.1, 0.15) is 10.4 Å². The van der Waals surface area contributed by atoms with E-state index in [0.29, 0.717) is 4.47 Å². The van der Waals surface area contributed by atoms with E-state index in [-0.39, 0.29) is 18.0 Å². The molecule has 0 saturated heterocycles. The summed E-state index contributed by atoms with van der Waals surface area (Å²) in [6, 6.07) is 4.22. The lowest BCUT2D eigenvalue weighted by Crippen LogP contribution is -2.09. The van der Waals surface area contributed by atoms with E-state index in [9.17, 15) is 9.18 Å². The highest BCUT2D eigenvalue weighted by atomic mass is 79.9. The van der Waals surface area contributed by atoms with E-state index in [1.807, 2.05) is 0 Å². The molecule has 0 amide bonds. The van der Waals surface area contributed by atoms with Gasteiger partial charge in [-0.1, -0.05) is 15.9 Å². The summed E-state index contributed by atoms with van der Waals surface area (Å²) in [5.74, 6) is -0.883. The van der Waals surface area contributed by atoms with Crippen molar-refractivity contribution in [1.82, 2.24) is 0 Å². The van der Waals surface area contributed by atoms with Crippen molar-refractivity contribution >= 4 is 21.7 Å². The van der Waals surface area contributed by atoms with E-state index >= 15 is 0 Å². The molecule has 0 unspecified atom stereocenters. The molecular weight excluding hydrogens is 239 g/mol. The van der Waals surface area contributed by atoms with Crippen molar-refractivity contribution in [1.29, 1.82) is 0 Å². The first kappa shape index (κ1) is 10.3. The van der Waals surface area contributed by atoms with Gasteiger partial charge in [0.05, 0.1) is 5.56 Å². The highest BCUT2D eigenvalue weighted by Gasteiger charge is 2.11. The van der Waals surface area contributed by atoms with Crippen molar-refractivity contribution in [2.75, 3.05) is 13.7 Å². The van der Waals surface area contributed by atoms with Crippen LogP contribution in [-0.2, 0) is 4.74 Å². The molecule has 0 radical (unpaired) electrons. The molecule has 0 aliphatic carbocycles. The first-order valence-corrected chi connectivity index (χ1v) is 4.41. The largest absolute Gasteiger partial charge is 0.377 e. The van der Waals surface area contributed by atoms with E-state index in [1.54, 1.807) is 6.07 Å². The average molecular weight is 247 g/mol. The fraction of sp³-hybridized carbons (Fsp3) is 0.222. The summed E-state index contributed by atoms with van der Waals surface area (Å²) in [7, 11) is 1.40. The summed E-state index contributed by atoms with van der Waals surface area (Å²) in [6.45, 7) is -0.104. The minimum absolute atomic E-state index is 0.0521. The van der Waals surface area contributed by atoms with Gasteiger partial charge >= 0.3 is 0 Å². The molecule has 1 aromatic carbocycles. The standard InChI is InChI=1S/C9H8BrFO2/c1-13-5-9(12)7-4-6(10)2-3-8(7)11/h2-4H,5H2,1H3. The van der Waals surface area contributed by atoms with Gasteiger partial charge < -0.3 is 4.74 Å². The van der Waals surface area contributed by atoms with Crippen molar-refractivity contribution < 1.29 is 13.9 Å². The van der Waals surface area contributed by atoms with Gasteiger partial charge in [-0.15, -0.1) is 0 Å². The fourth-order valence-corrected chi connectivity index (χ4v) is 1.28. The Morgan fingerprint density at radius 1 is 1.62 bits per heavy atom. The number of hydrogen-bond donors (Lipinski definition) is 0.